The summed E-state index contributed by atoms with van der Waals surface area (Å²) >= 11 is 1.34. The lowest BCUT2D eigenvalue weighted by Gasteiger charge is -2.26. The maximum atomic E-state index is 12.7. The number of thiophene rings is 1. The van der Waals surface area contributed by atoms with Crippen LogP contribution in [-0.4, -0.2) is 29.3 Å². The molecule has 0 aliphatic carbocycles. The van der Waals surface area contributed by atoms with Gasteiger partial charge in [-0.3, -0.25) is 4.79 Å². The Bertz CT molecular complexity index is 973. The molecular weight excluding hydrogens is 402 g/mol. The van der Waals surface area contributed by atoms with Gasteiger partial charge in [0.1, 0.15) is 16.7 Å². The third-order valence-electron chi connectivity index (χ3n) is 4.66. The standard InChI is InChI=1S/C22H25N3O4S/c1-14(15-8-6-5-7-9-15)19(26)24-20-17(12-23)16-10-11-25(13-18(16)30-20)29-21(27)28-22(2,3)4/h5-9,14H,10-11,13H2,1-4H3,(H,24,26). The minimum atomic E-state index is -0.756. The van der Waals surface area contributed by atoms with Gasteiger partial charge in [-0.25, -0.2) is 4.79 Å². The Morgan fingerprint density at radius 3 is 2.60 bits per heavy atom. The fourth-order valence-electron chi connectivity index (χ4n) is 3.15. The van der Waals surface area contributed by atoms with E-state index in [9.17, 15) is 14.9 Å². The molecule has 0 radical (unpaired) electrons. The van der Waals surface area contributed by atoms with E-state index in [1.165, 1.54) is 16.4 Å². The predicted octanol–water partition coefficient (Wildman–Crippen LogP) is 4.59. The van der Waals surface area contributed by atoms with Crippen LogP contribution in [0.5, 0.6) is 0 Å². The predicted molar refractivity (Wildman–Crippen MR) is 114 cm³/mol. The van der Waals surface area contributed by atoms with Crippen LogP contribution in [0.15, 0.2) is 30.3 Å². The van der Waals surface area contributed by atoms with Crippen LogP contribution in [0.1, 0.15) is 55.2 Å². The summed E-state index contributed by atoms with van der Waals surface area (Å²) in [6.45, 7) is 7.94. The Balaban J connectivity index is 1.71. The van der Waals surface area contributed by atoms with Crippen molar-refractivity contribution in [2.24, 2.45) is 0 Å². The number of hydrogen-bond acceptors (Lipinski definition) is 7. The molecule has 1 atom stereocenters. The Morgan fingerprint density at radius 2 is 1.97 bits per heavy atom. The number of anilines is 1. The number of nitrogens with one attached hydrogen (secondary N) is 1. The van der Waals surface area contributed by atoms with Crippen molar-refractivity contribution >= 4 is 28.4 Å². The second kappa shape index (κ2) is 8.86. The molecule has 2 aromatic rings. The van der Waals surface area contributed by atoms with Crippen LogP contribution in [0.2, 0.25) is 0 Å². The molecule has 1 aromatic heterocycles. The summed E-state index contributed by atoms with van der Waals surface area (Å²) < 4.78 is 5.19. The molecule has 158 valence electrons. The first-order valence-electron chi connectivity index (χ1n) is 9.74. The number of nitrogens with zero attached hydrogens (tertiary/aromatic N) is 2. The summed E-state index contributed by atoms with van der Waals surface area (Å²) in [6.07, 6.45) is -0.213. The van der Waals surface area contributed by atoms with Gasteiger partial charge in [0, 0.05) is 11.4 Å². The maximum absolute atomic E-state index is 12.7. The van der Waals surface area contributed by atoms with E-state index < -0.39 is 11.8 Å². The Labute approximate surface area is 180 Å². The summed E-state index contributed by atoms with van der Waals surface area (Å²) in [5.41, 5.74) is 1.66. The van der Waals surface area contributed by atoms with Crippen molar-refractivity contribution in [3.05, 3.63) is 51.9 Å². The van der Waals surface area contributed by atoms with Crippen LogP contribution in [-0.2, 0) is 27.3 Å². The van der Waals surface area contributed by atoms with Gasteiger partial charge in [0.05, 0.1) is 18.0 Å². The normalized spacial score (nSPS) is 14.9. The van der Waals surface area contributed by atoms with Gasteiger partial charge in [-0.1, -0.05) is 30.3 Å². The number of nitriles is 1. The molecular formula is C22H25N3O4S. The lowest BCUT2D eigenvalue weighted by atomic mass is 10.0. The molecule has 30 heavy (non-hydrogen) atoms. The molecule has 1 amide bonds. The monoisotopic (exact) mass is 427 g/mol. The zero-order valence-electron chi connectivity index (χ0n) is 17.5. The summed E-state index contributed by atoms with van der Waals surface area (Å²) in [7, 11) is 0. The van der Waals surface area contributed by atoms with Crippen LogP contribution in [0.4, 0.5) is 9.80 Å². The molecule has 1 aromatic carbocycles. The maximum Gasteiger partial charge on any atom is 0.528 e. The molecule has 8 heteroatoms. The van der Waals surface area contributed by atoms with Gasteiger partial charge < -0.3 is 14.9 Å². The molecule has 7 nitrogen and oxygen atoms in total. The number of carbonyl (C=O) groups excluding carboxylic acids is 2. The van der Waals surface area contributed by atoms with Gasteiger partial charge in [0.15, 0.2) is 0 Å². The summed E-state index contributed by atoms with van der Waals surface area (Å²) in [5, 5.41) is 14.6. The van der Waals surface area contributed by atoms with E-state index in [0.717, 1.165) is 16.0 Å². The minimum absolute atomic E-state index is 0.168. The molecule has 1 N–H and O–H groups in total. The van der Waals surface area contributed by atoms with Crippen LogP contribution < -0.4 is 5.32 Å². The van der Waals surface area contributed by atoms with Gasteiger partial charge in [0.25, 0.3) is 0 Å². The number of benzene rings is 1. The second-order valence-electron chi connectivity index (χ2n) is 8.11. The molecule has 1 unspecified atom stereocenters. The van der Waals surface area contributed by atoms with Crippen LogP contribution in [0, 0.1) is 11.3 Å². The van der Waals surface area contributed by atoms with Gasteiger partial charge in [-0.2, -0.15) is 5.26 Å². The Kier molecular flexibility index (Phi) is 6.44. The average molecular weight is 428 g/mol. The molecule has 0 fully saturated rings. The zero-order chi connectivity index (χ0) is 21.9. The fourth-order valence-corrected chi connectivity index (χ4v) is 4.36. The number of rotatable bonds is 4. The van der Waals surface area contributed by atoms with Crippen LogP contribution in [0.25, 0.3) is 0 Å². The smallest absolute Gasteiger partial charge is 0.427 e. The highest BCUT2D eigenvalue weighted by molar-refractivity contribution is 7.16. The third kappa shape index (κ3) is 5.17. The SMILES string of the molecule is CC(C(=O)Nc1sc2c(c1C#N)CCN(OC(=O)OC(C)(C)C)C2)c1ccccc1. The topological polar surface area (TPSA) is 91.7 Å². The van der Waals surface area contributed by atoms with Gasteiger partial charge >= 0.3 is 6.16 Å². The third-order valence-corrected chi connectivity index (χ3v) is 5.79. The van der Waals surface area contributed by atoms with Gasteiger partial charge in [0.2, 0.25) is 5.91 Å². The van der Waals surface area contributed by atoms with Gasteiger partial charge in [-0.05, 0) is 45.2 Å². The summed E-state index contributed by atoms with van der Waals surface area (Å²) in [5.74, 6) is -0.512. The van der Waals surface area contributed by atoms with Crippen molar-refractivity contribution in [2.45, 2.75) is 52.2 Å². The van der Waals surface area contributed by atoms with Crippen molar-refractivity contribution in [3.63, 3.8) is 0 Å². The average Bonchev–Trinajstić information content (AvgIpc) is 3.02. The fraction of sp³-hybridized carbons (Fsp3) is 0.409. The van der Waals surface area contributed by atoms with E-state index in [-0.39, 0.29) is 11.8 Å². The molecule has 0 saturated heterocycles. The molecule has 1 aliphatic rings. The van der Waals surface area contributed by atoms with E-state index in [2.05, 4.69) is 11.4 Å². The lowest BCUT2D eigenvalue weighted by molar-refractivity contribution is -0.150. The van der Waals surface area contributed by atoms with Crippen molar-refractivity contribution in [2.75, 3.05) is 11.9 Å². The first-order chi connectivity index (χ1) is 14.2. The number of hydrogen-bond donors (Lipinski definition) is 1. The highest BCUT2D eigenvalue weighted by Gasteiger charge is 2.29. The molecule has 0 spiro atoms. The highest BCUT2D eigenvalue weighted by atomic mass is 32.1. The molecule has 0 bridgehead atoms. The van der Waals surface area contributed by atoms with Crippen molar-refractivity contribution < 1.29 is 19.2 Å². The lowest BCUT2D eigenvalue weighted by Crippen LogP contribution is -2.35. The van der Waals surface area contributed by atoms with E-state index in [1.807, 2.05) is 37.3 Å². The zero-order valence-corrected chi connectivity index (χ0v) is 18.3. The molecule has 1 aliphatic heterocycles. The Hall–Kier alpha value is -2.89. The molecule has 0 saturated carbocycles. The van der Waals surface area contributed by atoms with E-state index in [0.29, 0.717) is 30.1 Å². The van der Waals surface area contributed by atoms with Gasteiger partial charge in [-0.15, -0.1) is 16.4 Å². The quantitative estimate of drug-likeness (QED) is 0.718. The number of amides is 1. The van der Waals surface area contributed by atoms with E-state index in [1.54, 1.807) is 20.8 Å². The number of carbonyl (C=O) groups is 2. The summed E-state index contributed by atoms with van der Waals surface area (Å²) in [6, 6.07) is 11.7. The molecule has 3 rings (SSSR count). The first-order valence-corrected chi connectivity index (χ1v) is 10.6. The van der Waals surface area contributed by atoms with Crippen LogP contribution >= 0.6 is 11.3 Å². The number of fused-ring (bicyclic) bond motifs is 1. The highest BCUT2D eigenvalue weighted by Crippen LogP contribution is 2.37. The van der Waals surface area contributed by atoms with Crippen molar-refractivity contribution in [3.8, 4) is 6.07 Å². The summed E-state index contributed by atoms with van der Waals surface area (Å²) in [4.78, 5) is 30.8. The first kappa shape index (κ1) is 21.8. The Morgan fingerprint density at radius 1 is 1.27 bits per heavy atom. The van der Waals surface area contributed by atoms with Crippen molar-refractivity contribution in [1.29, 1.82) is 5.26 Å². The second-order valence-corrected chi connectivity index (χ2v) is 9.22. The minimum Gasteiger partial charge on any atom is -0.427 e. The largest absolute Gasteiger partial charge is 0.528 e. The van der Waals surface area contributed by atoms with E-state index in [4.69, 9.17) is 9.57 Å². The molecule has 2 heterocycles. The number of hydroxylamine groups is 2. The van der Waals surface area contributed by atoms with Crippen molar-refractivity contribution in [1.82, 2.24) is 5.06 Å². The number of ether oxygens (including phenoxy) is 1. The van der Waals surface area contributed by atoms with Crippen LogP contribution in [0.3, 0.4) is 0 Å². The van der Waals surface area contributed by atoms with E-state index >= 15 is 0 Å².